The fraction of sp³-hybridized carbons (Fsp3) is 0.176. The van der Waals surface area contributed by atoms with Crippen LogP contribution in [0.25, 0.3) is 10.2 Å². The molecule has 0 radical (unpaired) electrons. The Hall–Kier alpha value is -2.60. The summed E-state index contributed by atoms with van der Waals surface area (Å²) in [6.45, 7) is 2.06. The minimum absolute atomic E-state index is 0.0334. The molecule has 0 fully saturated rings. The summed E-state index contributed by atoms with van der Waals surface area (Å²) in [5.74, 6) is 0.476. The summed E-state index contributed by atoms with van der Waals surface area (Å²) >= 11 is 1.39. The Morgan fingerprint density at radius 3 is 2.78 bits per heavy atom. The van der Waals surface area contributed by atoms with E-state index in [1.165, 1.54) is 16.9 Å². The molecule has 23 heavy (non-hydrogen) atoms. The van der Waals surface area contributed by atoms with Gasteiger partial charge in [-0.3, -0.25) is 4.79 Å². The van der Waals surface area contributed by atoms with Crippen molar-refractivity contribution >= 4 is 38.3 Å². The number of aromatic nitrogens is 1. The van der Waals surface area contributed by atoms with Crippen molar-refractivity contribution in [2.75, 3.05) is 17.7 Å². The van der Waals surface area contributed by atoms with Crippen LogP contribution < -0.4 is 15.8 Å². The number of carbonyl (C=O) groups excluding carboxylic acids is 1. The van der Waals surface area contributed by atoms with Gasteiger partial charge in [-0.15, -0.1) is 0 Å². The van der Waals surface area contributed by atoms with Gasteiger partial charge in [-0.2, -0.15) is 0 Å². The Kier molecular flexibility index (Phi) is 4.43. The van der Waals surface area contributed by atoms with Crippen molar-refractivity contribution in [2.24, 2.45) is 0 Å². The number of nitrogens with two attached hydrogens (primary N) is 1. The molecule has 0 bridgehead atoms. The minimum atomic E-state index is -0.207. The number of nitrogens with zero attached hydrogens (tertiary/aromatic N) is 1. The third kappa shape index (κ3) is 3.78. The van der Waals surface area contributed by atoms with Crippen molar-refractivity contribution in [1.82, 2.24) is 4.98 Å². The van der Waals surface area contributed by atoms with Crippen molar-refractivity contribution in [1.29, 1.82) is 0 Å². The maximum atomic E-state index is 12.0. The number of nitrogen functional groups attached to an aromatic ring is 1. The van der Waals surface area contributed by atoms with Gasteiger partial charge in [0.15, 0.2) is 11.7 Å². The highest BCUT2D eigenvalue weighted by Crippen LogP contribution is 2.26. The smallest absolute Gasteiger partial charge is 0.262 e. The van der Waals surface area contributed by atoms with E-state index in [4.69, 9.17) is 10.5 Å². The number of rotatable bonds is 5. The number of thiazole rings is 1. The number of hydrogen-bond acceptors (Lipinski definition) is 5. The quantitative estimate of drug-likeness (QED) is 0.752. The second-order valence-electron chi connectivity index (χ2n) is 5.07. The van der Waals surface area contributed by atoms with E-state index in [0.717, 1.165) is 16.6 Å². The SMILES string of the molecule is CCc1ccc(OCC(=O)Nc2ccc3nc(N)sc3c2)cc1. The van der Waals surface area contributed by atoms with Crippen LogP contribution in [0.15, 0.2) is 42.5 Å². The third-order valence-electron chi connectivity index (χ3n) is 3.39. The van der Waals surface area contributed by atoms with E-state index in [0.29, 0.717) is 16.6 Å². The van der Waals surface area contributed by atoms with Crippen molar-refractivity contribution in [3.8, 4) is 5.75 Å². The molecule has 0 aliphatic carbocycles. The Bertz CT molecular complexity index is 827. The van der Waals surface area contributed by atoms with Gasteiger partial charge < -0.3 is 15.8 Å². The molecule has 3 rings (SSSR count). The molecule has 0 saturated carbocycles. The van der Waals surface area contributed by atoms with Crippen molar-refractivity contribution in [3.05, 3.63) is 48.0 Å². The maximum Gasteiger partial charge on any atom is 0.262 e. The lowest BCUT2D eigenvalue weighted by atomic mass is 10.2. The molecule has 6 heteroatoms. The number of nitrogens with one attached hydrogen (secondary N) is 1. The van der Waals surface area contributed by atoms with E-state index in [1.807, 2.05) is 36.4 Å². The summed E-state index contributed by atoms with van der Waals surface area (Å²) in [7, 11) is 0. The Labute approximate surface area is 138 Å². The normalized spacial score (nSPS) is 10.7. The molecule has 3 N–H and O–H groups in total. The molecule has 2 aromatic carbocycles. The third-order valence-corrected chi connectivity index (χ3v) is 4.24. The average Bonchev–Trinajstić information content (AvgIpc) is 2.92. The van der Waals surface area contributed by atoms with Crippen LogP contribution in [0.4, 0.5) is 10.8 Å². The zero-order valence-electron chi connectivity index (χ0n) is 12.7. The summed E-state index contributed by atoms with van der Waals surface area (Å²) < 4.78 is 6.43. The van der Waals surface area contributed by atoms with Crippen LogP contribution in [0.1, 0.15) is 12.5 Å². The first kappa shape index (κ1) is 15.3. The highest BCUT2D eigenvalue weighted by atomic mass is 32.1. The van der Waals surface area contributed by atoms with E-state index in [1.54, 1.807) is 6.07 Å². The number of hydrogen-bond donors (Lipinski definition) is 2. The summed E-state index contributed by atoms with van der Waals surface area (Å²) in [6.07, 6.45) is 0.978. The highest BCUT2D eigenvalue weighted by Gasteiger charge is 2.06. The zero-order valence-corrected chi connectivity index (χ0v) is 13.5. The van der Waals surface area contributed by atoms with Crippen molar-refractivity contribution in [3.63, 3.8) is 0 Å². The van der Waals surface area contributed by atoms with Crippen LogP contribution >= 0.6 is 11.3 Å². The van der Waals surface area contributed by atoms with Crippen LogP contribution in [-0.2, 0) is 11.2 Å². The van der Waals surface area contributed by atoms with Crippen molar-refractivity contribution < 1.29 is 9.53 Å². The van der Waals surface area contributed by atoms with E-state index >= 15 is 0 Å². The number of anilines is 2. The number of carbonyl (C=O) groups is 1. The lowest BCUT2D eigenvalue weighted by molar-refractivity contribution is -0.118. The van der Waals surface area contributed by atoms with Gasteiger partial charge in [-0.05, 0) is 42.3 Å². The first-order valence-corrected chi connectivity index (χ1v) is 8.13. The largest absolute Gasteiger partial charge is 0.484 e. The minimum Gasteiger partial charge on any atom is -0.484 e. The topological polar surface area (TPSA) is 77.2 Å². The summed E-state index contributed by atoms with van der Waals surface area (Å²) in [5, 5.41) is 3.33. The number of aryl methyl sites for hydroxylation is 1. The molecule has 118 valence electrons. The average molecular weight is 327 g/mol. The van der Waals surface area contributed by atoms with Crippen LogP contribution in [-0.4, -0.2) is 17.5 Å². The maximum absolute atomic E-state index is 12.0. The molecule has 0 atom stereocenters. The fourth-order valence-electron chi connectivity index (χ4n) is 2.19. The number of fused-ring (bicyclic) bond motifs is 1. The van der Waals surface area contributed by atoms with E-state index in [2.05, 4.69) is 17.2 Å². The summed E-state index contributed by atoms with van der Waals surface area (Å²) in [6, 6.07) is 13.2. The predicted octanol–water partition coefficient (Wildman–Crippen LogP) is 3.46. The molecular formula is C17H17N3O2S. The number of ether oxygens (including phenoxy) is 1. The molecule has 1 amide bonds. The summed E-state index contributed by atoms with van der Waals surface area (Å²) in [4.78, 5) is 16.2. The number of benzene rings is 2. The van der Waals surface area contributed by atoms with Gasteiger partial charge >= 0.3 is 0 Å². The lowest BCUT2D eigenvalue weighted by Crippen LogP contribution is -2.20. The second-order valence-corrected chi connectivity index (χ2v) is 6.13. The van der Waals surface area contributed by atoms with Gasteiger partial charge in [0.25, 0.3) is 5.91 Å². The molecule has 0 spiro atoms. The van der Waals surface area contributed by atoms with Crippen molar-refractivity contribution in [2.45, 2.75) is 13.3 Å². The van der Waals surface area contributed by atoms with E-state index in [-0.39, 0.29) is 12.5 Å². The van der Waals surface area contributed by atoms with E-state index < -0.39 is 0 Å². The molecule has 0 saturated heterocycles. The monoisotopic (exact) mass is 327 g/mol. The van der Waals surface area contributed by atoms with Crippen LogP contribution in [0.2, 0.25) is 0 Å². The second kappa shape index (κ2) is 6.66. The van der Waals surface area contributed by atoms with Gasteiger partial charge in [0, 0.05) is 5.69 Å². The molecule has 3 aromatic rings. The molecule has 0 aliphatic rings. The summed E-state index contributed by atoms with van der Waals surface area (Å²) in [5.41, 5.74) is 8.45. The van der Waals surface area contributed by atoms with Crippen LogP contribution in [0.5, 0.6) is 5.75 Å². The Balaban J connectivity index is 1.59. The highest BCUT2D eigenvalue weighted by molar-refractivity contribution is 7.22. The van der Waals surface area contributed by atoms with Gasteiger partial charge in [0.05, 0.1) is 10.2 Å². The Morgan fingerprint density at radius 2 is 2.04 bits per heavy atom. The van der Waals surface area contributed by atoms with Crippen LogP contribution in [0.3, 0.4) is 0 Å². The lowest BCUT2D eigenvalue weighted by Gasteiger charge is -2.08. The Morgan fingerprint density at radius 1 is 1.26 bits per heavy atom. The number of amides is 1. The first-order chi connectivity index (χ1) is 11.1. The molecule has 5 nitrogen and oxygen atoms in total. The molecule has 0 aliphatic heterocycles. The van der Waals surface area contributed by atoms with E-state index in [9.17, 15) is 4.79 Å². The fourth-order valence-corrected chi connectivity index (χ4v) is 2.96. The van der Waals surface area contributed by atoms with Gasteiger partial charge in [-0.1, -0.05) is 30.4 Å². The predicted molar refractivity (Wildman–Crippen MR) is 94.0 cm³/mol. The molecule has 1 aromatic heterocycles. The zero-order chi connectivity index (χ0) is 16.2. The van der Waals surface area contributed by atoms with Crippen LogP contribution in [0, 0.1) is 0 Å². The first-order valence-electron chi connectivity index (χ1n) is 7.31. The van der Waals surface area contributed by atoms with Gasteiger partial charge in [0.1, 0.15) is 5.75 Å². The molecule has 0 unspecified atom stereocenters. The standard InChI is InChI=1S/C17H17N3O2S/c1-2-11-3-6-13(7-4-11)22-10-16(21)19-12-5-8-14-15(9-12)23-17(18)20-14/h3-9H,2,10H2,1H3,(H2,18,20)(H,19,21). The van der Waals surface area contributed by atoms with Gasteiger partial charge in [-0.25, -0.2) is 4.98 Å². The molecular weight excluding hydrogens is 310 g/mol. The molecule has 1 heterocycles. The van der Waals surface area contributed by atoms with Gasteiger partial charge in [0.2, 0.25) is 0 Å².